The number of halogens is 1. The van der Waals surface area contributed by atoms with Crippen LogP contribution in [0.1, 0.15) is 17.4 Å². The van der Waals surface area contributed by atoms with Crippen molar-refractivity contribution < 1.29 is 4.42 Å². The first-order valence-corrected chi connectivity index (χ1v) is 8.46. The van der Waals surface area contributed by atoms with Crippen LogP contribution in [0.3, 0.4) is 0 Å². The highest BCUT2D eigenvalue weighted by Crippen LogP contribution is 2.28. The number of furan rings is 1. The molecule has 0 amide bonds. The molecule has 5 heteroatoms. The molecule has 1 atom stereocenters. The number of hydrogen-bond acceptors (Lipinski definition) is 4. The zero-order chi connectivity index (χ0) is 14.8. The summed E-state index contributed by atoms with van der Waals surface area (Å²) in [5.41, 5.74) is 8.17. The highest BCUT2D eigenvalue weighted by atomic mass is 79.9. The Morgan fingerprint density at radius 3 is 2.81 bits per heavy atom. The van der Waals surface area contributed by atoms with Gasteiger partial charge in [-0.1, -0.05) is 18.2 Å². The summed E-state index contributed by atoms with van der Waals surface area (Å²) in [6, 6.07) is 12.4. The molecule has 21 heavy (non-hydrogen) atoms. The minimum Gasteiger partial charge on any atom is -0.459 e. The standard InChI is InChI=1S/C16H17BrN2OS/c1-19(9-11-6-16(17)21-10-11)13(8-18)15-7-12-4-2-3-5-14(12)20-15/h2-7,10,13H,8-9,18H2,1H3. The van der Waals surface area contributed by atoms with Crippen molar-refractivity contribution in [2.75, 3.05) is 13.6 Å². The maximum Gasteiger partial charge on any atom is 0.134 e. The third-order valence-electron chi connectivity index (χ3n) is 3.58. The van der Waals surface area contributed by atoms with Gasteiger partial charge in [0.25, 0.3) is 0 Å². The van der Waals surface area contributed by atoms with Gasteiger partial charge in [0.15, 0.2) is 0 Å². The van der Waals surface area contributed by atoms with Gasteiger partial charge in [0, 0.05) is 18.5 Å². The molecule has 3 nitrogen and oxygen atoms in total. The van der Waals surface area contributed by atoms with Gasteiger partial charge in [-0.15, -0.1) is 11.3 Å². The molecule has 1 aromatic carbocycles. The number of fused-ring (bicyclic) bond motifs is 1. The SMILES string of the molecule is CN(Cc1csc(Br)c1)C(CN)c1cc2ccccc2o1. The minimum absolute atomic E-state index is 0.0797. The van der Waals surface area contributed by atoms with Crippen LogP contribution in [-0.4, -0.2) is 18.5 Å². The normalized spacial score (nSPS) is 13.1. The van der Waals surface area contributed by atoms with Crippen LogP contribution in [0, 0.1) is 0 Å². The molecule has 2 N–H and O–H groups in total. The molecule has 2 heterocycles. The number of para-hydroxylation sites is 1. The van der Waals surface area contributed by atoms with E-state index in [1.165, 1.54) is 5.56 Å². The fourth-order valence-corrected chi connectivity index (χ4v) is 3.71. The van der Waals surface area contributed by atoms with Crippen LogP contribution in [0.2, 0.25) is 0 Å². The van der Waals surface area contributed by atoms with Crippen LogP contribution >= 0.6 is 27.3 Å². The first-order chi connectivity index (χ1) is 10.2. The Morgan fingerprint density at radius 2 is 2.14 bits per heavy atom. The Kier molecular flexibility index (Phi) is 4.45. The molecule has 1 unspecified atom stereocenters. The third kappa shape index (κ3) is 3.21. The number of likely N-dealkylation sites (N-methyl/N-ethyl adjacent to an activating group) is 1. The lowest BCUT2D eigenvalue weighted by molar-refractivity contribution is 0.216. The zero-order valence-corrected chi connectivity index (χ0v) is 14.2. The van der Waals surface area contributed by atoms with Gasteiger partial charge in [0.1, 0.15) is 11.3 Å². The van der Waals surface area contributed by atoms with Crippen molar-refractivity contribution in [2.24, 2.45) is 5.73 Å². The second-order valence-electron chi connectivity index (χ2n) is 5.11. The molecule has 0 saturated heterocycles. The molecule has 0 aliphatic heterocycles. The summed E-state index contributed by atoms with van der Waals surface area (Å²) in [5, 5.41) is 3.28. The van der Waals surface area contributed by atoms with E-state index in [4.69, 9.17) is 10.2 Å². The average Bonchev–Trinajstić information content (AvgIpc) is 3.05. The quantitative estimate of drug-likeness (QED) is 0.729. The van der Waals surface area contributed by atoms with Crippen molar-refractivity contribution >= 4 is 38.2 Å². The van der Waals surface area contributed by atoms with Gasteiger partial charge < -0.3 is 10.2 Å². The van der Waals surface area contributed by atoms with E-state index < -0.39 is 0 Å². The van der Waals surface area contributed by atoms with Gasteiger partial charge in [-0.05, 0) is 52.1 Å². The summed E-state index contributed by atoms with van der Waals surface area (Å²) in [5.74, 6) is 0.926. The summed E-state index contributed by atoms with van der Waals surface area (Å²) in [6.07, 6.45) is 0. The predicted octanol–water partition coefficient (Wildman–Crippen LogP) is 4.39. The number of thiophene rings is 1. The highest BCUT2D eigenvalue weighted by molar-refractivity contribution is 9.11. The van der Waals surface area contributed by atoms with E-state index in [9.17, 15) is 0 Å². The van der Waals surface area contributed by atoms with Gasteiger partial charge in [-0.2, -0.15) is 0 Å². The number of nitrogens with zero attached hydrogens (tertiary/aromatic N) is 1. The van der Waals surface area contributed by atoms with Crippen molar-refractivity contribution in [1.29, 1.82) is 0 Å². The Labute approximate surface area is 136 Å². The second-order valence-corrected chi connectivity index (χ2v) is 7.40. The third-order valence-corrected chi connectivity index (χ3v) is 5.14. The number of benzene rings is 1. The molecule has 2 aromatic heterocycles. The fraction of sp³-hybridized carbons (Fsp3) is 0.250. The van der Waals surface area contributed by atoms with Crippen molar-refractivity contribution in [1.82, 2.24) is 4.90 Å². The molecule has 0 spiro atoms. The van der Waals surface area contributed by atoms with Gasteiger partial charge in [0.05, 0.1) is 9.83 Å². The smallest absolute Gasteiger partial charge is 0.134 e. The Morgan fingerprint density at radius 1 is 1.33 bits per heavy atom. The van der Waals surface area contributed by atoms with Crippen LogP contribution in [0.25, 0.3) is 11.0 Å². The van der Waals surface area contributed by atoms with Crippen LogP contribution in [0.4, 0.5) is 0 Å². The first kappa shape index (κ1) is 14.8. The van der Waals surface area contributed by atoms with E-state index in [1.54, 1.807) is 11.3 Å². The van der Waals surface area contributed by atoms with Crippen molar-refractivity contribution in [3.05, 3.63) is 56.9 Å². The van der Waals surface area contributed by atoms with Gasteiger partial charge in [-0.25, -0.2) is 0 Å². The first-order valence-electron chi connectivity index (χ1n) is 6.79. The summed E-state index contributed by atoms with van der Waals surface area (Å²) < 4.78 is 7.11. The highest BCUT2D eigenvalue weighted by Gasteiger charge is 2.20. The van der Waals surface area contributed by atoms with Crippen molar-refractivity contribution in [2.45, 2.75) is 12.6 Å². The Hall–Kier alpha value is -1.14. The summed E-state index contributed by atoms with van der Waals surface area (Å²) in [6.45, 7) is 1.38. The largest absolute Gasteiger partial charge is 0.459 e. The predicted molar refractivity (Wildman–Crippen MR) is 91.5 cm³/mol. The maximum atomic E-state index is 5.98. The van der Waals surface area contributed by atoms with Gasteiger partial charge in [-0.3, -0.25) is 4.90 Å². The number of rotatable bonds is 5. The van der Waals surface area contributed by atoms with Gasteiger partial charge in [0.2, 0.25) is 0 Å². The summed E-state index contributed by atoms with van der Waals surface area (Å²) in [7, 11) is 2.08. The Balaban J connectivity index is 1.83. The number of nitrogens with two attached hydrogens (primary N) is 1. The lowest BCUT2D eigenvalue weighted by Crippen LogP contribution is -2.29. The molecule has 0 fully saturated rings. The molecule has 0 saturated carbocycles. The van der Waals surface area contributed by atoms with Crippen molar-refractivity contribution in [3.8, 4) is 0 Å². The van der Waals surface area contributed by atoms with E-state index in [-0.39, 0.29) is 6.04 Å². The molecule has 0 radical (unpaired) electrons. The lowest BCUT2D eigenvalue weighted by Gasteiger charge is -2.24. The fourth-order valence-electron chi connectivity index (χ4n) is 2.51. The minimum atomic E-state index is 0.0797. The van der Waals surface area contributed by atoms with Gasteiger partial charge >= 0.3 is 0 Å². The summed E-state index contributed by atoms with van der Waals surface area (Å²) in [4.78, 5) is 2.23. The van der Waals surface area contributed by atoms with Crippen LogP contribution < -0.4 is 5.73 Å². The summed E-state index contributed by atoms with van der Waals surface area (Å²) >= 11 is 5.20. The Bertz CT molecular complexity index is 704. The monoisotopic (exact) mass is 364 g/mol. The second kappa shape index (κ2) is 6.32. The van der Waals surface area contributed by atoms with Crippen molar-refractivity contribution in [3.63, 3.8) is 0 Å². The molecule has 0 aliphatic carbocycles. The molecule has 3 aromatic rings. The maximum absolute atomic E-state index is 5.98. The molecular weight excluding hydrogens is 348 g/mol. The molecular formula is C16H17BrN2OS. The van der Waals surface area contributed by atoms with Crippen LogP contribution in [0.5, 0.6) is 0 Å². The van der Waals surface area contributed by atoms with E-state index in [2.05, 4.69) is 51.5 Å². The zero-order valence-electron chi connectivity index (χ0n) is 11.8. The average molecular weight is 365 g/mol. The van der Waals surface area contributed by atoms with Crippen LogP contribution in [0.15, 0.2) is 50.0 Å². The molecule has 3 rings (SSSR count). The topological polar surface area (TPSA) is 42.4 Å². The molecule has 0 aliphatic rings. The molecule has 110 valence electrons. The van der Waals surface area contributed by atoms with E-state index in [1.807, 2.05) is 18.2 Å². The molecule has 0 bridgehead atoms. The van der Waals surface area contributed by atoms with Crippen LogP contribution in [-0.2, 0) is 6.54 Å². The van der Waals surface area contributed by atoms with E-state index in [0.717, 1.165) is 27.1 Å². The van der Waals surface area contributed by atoms with E-state index >= 15 is 0 Å². The lowest BCUT2D eigenvalue weighted by atomic mass is 10.1. The van der Waals surface area contributed by atoms with E-state index in [0.29, 0.717) is 6.54 Å². The number of hydrogen-bond donors (Lipinski definition) is 1.